The third-order valence-electron chi connectivity index (χ3n) is 3.41. The number of fused-ring (bicyclic) bond motifs is 1. The fourth-order valence-electron chi connectivity index (χ4n) is 2.39. The Morgan fingerprint density at radius 2 is 2.00 bits per heavy atom. The van der Waals surface area contributed by atoms with Crippen LogP contribution in [0.2, 0.25) is 0 Å². The van der Waals surface area contributed by atoms with E-state index in [1.807, 2.05) is 31.2 Å². The first-order valence-corrected chi connectivity index (χ1v) is 7.29. The Hall–Kier alpha value is -1.69. The van der Waals surface area contributed by atoms with Crippen LogP contribution in [0.4, 0.5) is 4.39 Å². The van der Waals surface area contributed by atoms with E-state index in [2.05, 4.69) is 21.4 Å². The molecule has 3 rings (SSSR count). The van der Waals surface area contributed by atoms with Gasteiger partial charge in [-0.2, -0.15) is 0 Å². The van der Waals surface area contributed by atoms with E-state index in [-0.39, 0.29) is 5.82 Å². The molecule has 0 aliphatic heterocycles. The summed E-state index contributed by atoms with van der Waals surface area (Å²) >= 11 is 3.42. The summed E-state index contributed by atoms with van der Waals surface area (Å²) in [5.41, 5.74) is 5.31. The van der Waals surface area contributed by atoms with Gasteiger partial charge in [0.1, 0.15) is 23.2 Å². The van der Waals surface area contributed by atoms with E-state index in [1.54, 1.807) is 6.07 Å². The van der Waals surface area contributed by atoms with Crippen molar-refractivity contribution >= 4 is 26.9 Å². The lowest BCUT2D eigenvalue weighted by atomic mass is 10.0. The van der Waals surface area contributed by atoms with E-state index in [1.165, 1.54) is 12.1 Å². The lowest BCUT2D eigenvalue weighted by Gasteiger charge is -2.15. The maximum atomic E-state index is 13.5. The quantitative estimate of drug-likeness (QED) is 0.551. The van der Waals surface area contributed by atoms with Gasteiger partial charge in [-0.05, 0) is 48.9 Å². The molecule has 0 saturated heterocycles. The summed E-state index contributed by atoms with van der Waals surface area (Å²) in [5, 5.41) is 0.998. The van der Waals surface area contributed by atoms with Crippen LogP contribution < -0.4 is 11.3 Å². The van der Waals surface area contributed by atoms with Gasteiger partial charge < -0.3 is 4.42 Å². The van der Waals surface area contributed by atoms with Gasteiger partial charge in [-0.25, -0.2) is 9.82 Å². The molecular formula is C16H14BrFN2O. The van der Waals surface area contributed by atoms with Gasteiger partial charge >= 0.3 is 0 Å². The molecule has 0 aliphatic carbocycles. The van der Waals surface area contributed by atoms with Crippen LogP contribution in [0.1, 0.15) is 22.9 Å². The molecule has 21 heavy (non-hydrogen) atoms. The summed E-state index contributed by atoms with van der Waals surface area (Å²) in [6.45, 7) is 2.02. The predicted molar refractivity (Wildman–Crippen MR) is 84.2 cm³/mol. The van der Waals surface area contributed by atoms with Crippen LogP contribution in [-0.2, 0) is 0 Å². The van der Waals surface area contributed by atoms with Crippen molar-refractivity contribution < 1.29 is 8.81 Å². The second-order valence-electron chi connectivity index (χ2n) is 4.96. The number of hydrogen-bond acceptors (Lipinski definition) is 3. The zero-order valence-corrected chi connectivity index (χ0v) is 12.9. The third kappa shape index (κ3) is 2.72. The van der Waals surface area contributed by atoms with Crippen molar-refractivity contribution in [3.8, 4) is 0 Å². The van der Waals surface area contributed by atoms with Crippen molar-refractivity contribution in [3.63, 3.8) is 0 Å². The standard InChI is InChI=1S/C16H14BrFN2O/c1-9-2-5-14-10(6-9)7-15(21-14)16(20-19)12-8-11(18)3-4-13(12)17/h2-8,16,20H,19H2,1H3. The van der Waals surface area contributed by atoms with Crippen LogP contribution in [0.25, 0.3) is 11.0 Å². The molecule has 5 heteroatoms. The zero-order chi connectivity index (χ0) is 15.0. The molecule has 3 N–H and O–H groups in total. The Morgan fingerprint density at radius 3 is 2.76 bits per heavy atom. The van der Waals surface area contributed by atoms with Gasteiger partial charge in [-0.1, -0.05) is 27.6 Å². The average molecular weight is 349 g/mol. The normalized spacial score (nSPS) is 12.8. The minimum atomic E-state index is -0.428. The van der Waals surface area contributed by atoms with Gasteiger partial charge in [0, 0.05) is 9.86 Å². The van der Waals surface area contributed by atoms with Crippen molar-refractivity contribution in [2.45, 2.75) is 13.0 Å². The van der Waals surface area contributed by atoms with Crippen molar-refractivity contribution in [1.29, 1.82) is 0 Å². The summed E-state index contributed by atoms with van der Waals surface area (Å²) in [4.78, 5) is 0. The van der Waals surface area contributed by atoms with Gasteiger partial charge in [0.15, 0.2) is 0 Å². The molecule has 0 saturated carbocycles. The van der Waals surface area contributed by atoms with Gasteiger partial charge in [-0.15, -0.1) is 0 Å². The highest BCUT2D eigenvalue weighted by Gasteiger charge is 2.20. The number of furan rings is 1. The highest BCUT2D eigenvalue weighted by atomic mass is 79.9. The lowest BCUT2D eigenvalue weighted by molar-refractivity contribution is 0.474. The number of aryl methyl sites for hydroxylation is 1. The van der Waals surface area contributed by atoms with Crippen LogP contribution in [-0.4, -0.2) is 0 Å². The summed E-state index contributed by atoms with van der Waals surface area (Å²) in [6.07, 6.45) is 0. The van der Waals surface area contributed by atoms with Gasteiger partial charge in [0.05, 0.1) is 0 Å². The molecule has 0 spiro atoms. The first-order chi connectivity index (χ1) is 10.1. The molecule has 1 heterocycles. The molecule has 0 radical (unpaired) electrons. The van der Waals surface area contributed by atoms with Crippen molar-refractivity contribution in [1.82, 2.24) is 5.43 Å². The average Bonchev–Trinajstić information content (AvgIpc) is 2.86. The molecule has 108 valence electrons. The van der Waals surface area contributed by atoms with Crippen molar-refractivity contribution in [3.05, 3.63) is 69.6 Å². The van der Waals surface area contributed by atoms with Crippen LogP contribution >= 0.6 is 15.9 Å². The summed E-state index contributed by atoms with van der Waals surface area (Å²) in [6, 6.07) is 11.9. The summed E-state index contributed by atoms with van der Waals surface area (Å²) < 4.78 is 20.1. The molecule has 0 fully saturated rings. The monoisotopic (exact) mass is 348 g/mol. The molecular weight excluding hydrogens is 335 g/mol. The maximum Gasteiger partial charge on any atom is 0.134 e. The van der Waals surface area contributed by atoms with Crippen LogP contribution in [0.5, 0.6) is 0 Å². The highest BCUT2D eigenvalue weighted by molar-refractivity contribution is 9.10. The molecule has 0 amide bonds. The fourth-order valence-corrected chi connectivity index (χ4v) is 2.86. The molecule has 1 atom stereocenters. The maximum absolute atomic E-state index is 13.5. The number of nitrogens with one attached hydrogen (secondary N) is 1. The van der Waals surface area contributed by atoms with E-state index in [0.717, 1.165) is 21.0 Å². The number of benzene rings is 2. The SMILES string of the molecule is Cc1ccc2oc(C(NN)c3cc(F)ccc3Br)cc2c1. The Labute approximate surface area is 130 Å². The lowest BCUT2D eigenvalue weighted by Crippen LogP contribution is -2.28. The van der Waals surface area contributed by atoms with E-state index in [9.17, 15) is 4.39 Å². The van der Waals surface area contributed by atoms with Crippen LogP contribution in [0, 0.1) is 12.7 Å². The number of halogens is 2. The Bertz CT molecular complexity index is 800. The second-order valence-corrected chi connectivity index (χ2v) is 5.81. The molecule has 3 aromatic rings. The minimum absolute atomic E-state index is 0.319. The Balaban J connectivity index is 2.11. The highest BCUT2D eigenvalue weighted by Crippen LogP contribution is 2.32. The van der Waals surface area contributed by atoms with Gasteiger partial charge in [0.25, 0.3) is 0 Å². The van der Waals surface area contributed by atoms with Gasteiger partial charge in [-0.3, -0.25) is 5.84 Å². The number of hydrogen-bond donors (Lipinski definition) is 2. The molecule has 3 nitrogen and oxygen atoms in total. The zero-order valence-electron chi connectivity index (χ0n) is 11.4. The fraction of sp³-hybridized carbons (Fsp3) is 0.125. The smallest absolute Gasteiger partial charge is 0.134 e. The van der Waals surface area contributed by atoms with Gasteiger partial charge in [0.2, 0.25) is 0 Å². The number of nitrogens with two attached hydrogens (primary N) is 1. The molecule has 0 bridgehead atoms. The minimum Gasteiger partial charge on any atom is -0.459 e. The molecule has 1 aromatic heterocycles. The van der Waals surface area contributed by atoms with E-state index >= 15 is 0 Å². The van der Waals surface area contributed by atoms with Crippen LogP contribution in [0.15, 0.2) is 51.4 Å². The first-order valence-electron chi connectivity index (χ1n) is 6.49. The Kier molecular flexibility index (Phi) is 3.80. The van der Waals surface area contributed by atoms with E-state index in [0.29, 0.717) is 11.3 Å². The van der Waals surface area contributed by atoms with Crippen molar-refractivity contribution in [2.75, 3.05) is 0 Å². The topological polar surface area (TPSA) is 51.2 Å². The molecule has 0 aliphatic rings. The van der Waals surface area contributed by atoms with E-state index in [4.69, 9.17) is 10.3 Å². The largest absolute Gasteiger partial charge is 0.459 e. The number of rotatable bonds is 3. The predicted octanol–water partition coefficient (Wildman–Crippen LogP) is 4.20. The van der Waals surface area contributed by atoms with Crippen molar-refractivity contribution in [2.24, 2.45) is 5.84 Å². The summed E-state index contributed by atoms with van der Waals surface area (Å²) in [7, 11) is 0. The molecule has 1 unspecified atom stereocenters. The first kappa shape index (κ1) is 14.3. The molecule has 2 aromatic carbocycles. The summed E-state index contributed by atoms with van der Waals surface area (Å²) in [5.74, 6) is 5.98. The third-order valence-corrected chi connectivity index (χ3v) is 4.13. The van der Waals surface area contributed by atoms with Crippen LogP contribution in [0.3, 0.4) is 0 Å². The second kappa shape index (κ2) is 5.60. The van der Waals surface area contributed by atoms with E-state index < -0.39 is 6.04 Å². The Morgan fingerprint density at radius 1 is 1.19 bits per heavy atom. The number of hydrazine groups is 1.